The van der Waals surface area contributed by atoms with Gasteiger partial charge in [0.25, 0.3) is 0 Å². The number of methoxy groups -OCH3 is 1. The van der Waals surface area contributed by atoms with Crippen molar-refractivity contribution in [3.05, 3.63) is 29.8 Å². The van der Waals surface area contributed by atoms with Crippen molar-refractivity contribution in [3.8, 4) is 5.75 Å². The smallest absolute Gasteiger partial charge is 0.118 e. The van der Waals surface area contributed by atoms with Gasteiger partial charge >= 0.3 is 0 Å². The van der Waals surface area contributed by atoms with Gasteiger partial charge in [0, 0.05) is 0 Å². The maximum Gasteiger partial charge on any atom is 0.118 e. The van der Waals surface area contributed by atoms with Crippen molar-refractivity contribution in [2.75, 3.05) is 7.11 Å². The van der Waals surface area contributed by atoms with Crippen LogP contribution in [0.1, 0.15) is 32.3 Å². The fourth-order valence-electron chi connectivity index (χ4n) is 1.86. The molecule has 0 fully saturated rings. The molecule has 0 heterocycles. The lowest BCUT2D eigenvalue weighted by molar-refractivity contribution is 0.125. The minimum atomic E-state index is -0.533. The van der Waals surface area contributed by atoms with Crippen LogP contribution >= 0.6 is 0 Å². The second-order valence-corrected chi connectivity index (χ2v) is 5.20. The molecule has 1 rings (SSSR count). The summed E-state index contributed by atoms with van der Waals surface area (Å²) in [5.41, 5.74) is 9.05. The maximum atomic E-state index is 9.92. The van der Waals surface area contributed by atoms with Gasteiger partial charge < -0.3 is 9.84 Å². The van der Waals surface area contributed by atoms with E-state index in [1.54, 1.807) is 7.11 Å². The van der Waals surface area contributed by atoms with Gasteiger partial charge in [0.15, 0.2) is 0 Å². The van der Waals surface area contributed by atoms with Crippen LogP contribution in [0.15, 0.2) is 24.3 Å². The van der Waals surface area contributed by atoms with Gasteiger partial charge in [-0.15, -0.1) is 0 Å². The highest BCUT2D eigenvalue weighted by atomic mass is 16.5. The molecule has 1 radical (unpaired) electrons. The summed E-state index contributed by atoms with van der Waals surface area (Å²) in [6.07, 6.45) is 1.74. The summed E-state index contributed by atoms with van der Waals surface area (Å²) in [5.74, 6) is 1.40. The number of aliphatic hydroxyl groups excluding tert-OH is 1. The Kier molecular flexibility index (Phi) is 6.16. The van der Waals surface area contributed by atoms with Crippen LogP contribution < -0.4 is 10.5 Å². The Labute approximate surface area is 110 Å². The van der Waals surface area contributed by atoms with Gasteiger partial charge in [-0.1, -0.05) is 26.0 Å². The van der Waals surface area contributed by atoms with Crippen LogP contribution in [0.2, 0.25) is 0 Å². The molecule has 2 N–H and O–H groups in total. The quantitative estimate of drug-likeness (QED) is 0.809. The molecule has 0 amide bonds. The number of ether oxygens (including phenoxy) is 1. The van der Waals surface area contributed by atoms with E-state index in [9.17, 15) is 5.11 Å². The Balaban J connectivity index is 2.44. The van der Waals surface area contributed by atoms with E-state index in [1.165, 1.54) is 0 Å². The first kappa shape index (κ1) is 15.0. The van der Waals surface area contributed by atoms with E-state index in [0.717, 1.165) is 17.7 Å². The molecule has 3 nitrogen and oxygen atoms in total. The minimum absolute atomic E-state index is 0.447. The van der Waals surface area contributed by atoms with Crippen LogP contribution in [-0.4, -0.2) is 24.4 Å². The number of nitrogens with one attached hydrogen (secondary N) is 1. The molecule has 0 spiro atoms. The summed E-state index contributed by atoms with van der Waals surface area (Å²) in [4.78, 5) is 0. The zero-order valence-electron chi connectivity index (χ0n) is 11.5. The van der Waals surface area contributed by atoms with Gasteiger partial charge in [0.1, 0.15) is 5.75 Å². The molecule has 101 valence electrons. The van der Waals surface area contributed by atoms with E-state index in [4.69, 9.17) is 10.5 Å². The molecule has 1 aromatic rings. The SMILES string of the molecule is COc1ccc(C[C@H]([NH])[C@@H](O)CCC(C)C)cc1. The summed E-state index contributed by atoms with van der Waals surface area (Å²) in [6.45, 7) is 4.27. The predicted molar refractivity (Wildman–Crippen MR) is 73.7 cm³/mol. The molecular weight excluding hydrogens is 226 g/mol. The van der Waals surface area contributed by atoms with Gasteiger partial charge in [-0.3, -0.25) is 5.73 Å². The standard InChI is InChI=1S/C15H24NO2/c1-11(2)4-9-15(17)14(16)10-12-5-7-13(18-3)8-6-12/h5-8,11,14-17H,4,9-10H2,1-3H3/t14-,15-/m0/s1. The number of hydrogen-bond acceptors (Lipinski definition) is 2. The minimum Gasteiger partial charge on any atom is -0.497 e. The fraction of sp³-hybridized carbons (Fsp3) is 0.600. The molecule has 0 aliphatic carbocycles. The van der Waals surface area contributed by atoms with Crippen LogP contribution in [0.5, 0.6) is 5.75 Å². The Morgan fingerprint density at radius 1 is 1.17 bits per heavy atom. The van der Waals surface area contributed by atoms with Gasteiger partial charge in [-0.05, 0) is 42.9 Å². The molecule has 3 heteroatoms. The van der Waals surface area contributed by atoms with E-state index < -0.39 is 12.1 Å². The van der Waals surface area contributed by atoms with E-state index in [0.29, 0.717) is 18.8 Å². The van der Waals surface area contributed by atoms with Crippen molar-refractivity contribution >= 4 is 0 Å². The Bertz CT molecular complexity index is 335. The molecule has 0 bridgehead atoms. The molecule has 0 saturated heterocycles. The molecule has 0 aliphatic heterocycles. The first-order valence-electron chi connectivity index (χ1n) is 6.55. The molecule has 18 heavy (non-hydrogen) atoms. The Hall–Kier alpha value is -1.06. The number of benzene rings is 1. The first-order valence-corrected chi connectivity index (χ1v) is 6.55. The van der Waals surface area contributed by atoms with E-state index >= 15 is 0 Å². The van der Waals surface area contributed by atoms with Crippen molar-refractivity contribution in [3.63, 3.8) is 0 Å². The highest BCUT2D eigenvalue weighted by Crippen LogP contribution is 2.15. The molecular formula is C15H24NO2. The van der Waals surface area contributed by atoms with Crippen molar-refractivity contribution in [1.29, 1.82) is 0 Å². The van der Waals surface area contributed by atoms with Gasteiger partial charge in [0.2, 0.25) is 0 Å². The predicted octanol–water partition coefficient (Wildman–Crippen LogP) is 2.69. The lowest BCUT2D eigenvalue weighted by atomic mass is 9.96. The second kappa shape index (κ2) is 7.39. The van der Waals surface area contributed by atoms with Crippen molar-refractivity contribution < 1.29 is 9.84 Å². The largest absolute Gasteiger partial charge is 0.497 e. The average molecular weight is 250 g/mol. The van der Waals surface area contributed by atoms with Crippen molar-refractivity contribution in [1.82, 2.24) is 5.73 Å². The zero-order valence-corrected chi connectivity index (χ0v) is 11.5. The summed E-state index contributed by atoms with van der Waals surface area (Å²) in [6, 6.07) is 7.24. The van der Waals surface area contributed by atoms with E-state index in [2.05, 4.69) is 13.8 Å². The summed E-state index contributed by atoms with van der Waals surface area (Å²) in [5, 5.41) is 9.92. The van der Waals surface area contributed by atoms with Crippen LogP contribution in [0.3, 0.4) is 0 Å². The topological polar surface area (TPSA) is 53.3 Å². The summed E-state index contributed by atoms with van der Waals surface area (Å²) < 4.78 is 5.09. The zero-order chi connectivity index (χ0) is 13.5. The van der Waals surface area contributed by atoms with Crippen molar-refractivity contribution in [2.24, 2.45) is 5.92 Å². The third kappa shape index (κ3) is 5.07. The monoisotopic (exact) mass is 250 g/mol. The number of aliphatic hydroxyl groups is 1. The lowest BCUT2D eigenvalue weighted by Crippen LogP contribution is -2.29. The van der Waals surface area contributed by atoms with Crippen LogP contribution in [0.4, 0.5) is 0 Å². The third-order valence-electron chi connectivity index (χ3n) is 3.12. The molecule has 2 atom stereocenters. The maximum absolute atomic E-state index is 9.92. The Morgan fingerprint density at radius 3 is 2.28 bits per heavy atom. The van der Waals surface area contributed by atoms with Gasteiger partial charge in [-0.2, -0.15) is 0 Å². The summed E-state index contributed by atoms with van der Waals surface area (Å²) >= 11 is 0. The lowest BCUT2D eigenvalue weighted by Gasteiger charge is -2.19. The van der Waals surface area contributed by atoms with Crippen LogP contribution in [-0.2, 0) is 6.42 Å². The molecule has 0 saturated carbocycles. The second-order valence-electron chi connectivity index (χ2n) is 5.20. The normalized spacial score (nSPS) is 14.6. The Morgan fingerprint density at radius 2 is 1.78 bits per heavy atom. The van der Waals surface area contributed by atoms with Gasteiger partial charge in [-0.25, -0.2) is 0 Å². The average Bonchev–Trinajstić information content (AvgIpc) is 2.36. The van der Waals surface area contributed by atoms with Crippen LogP contribution in [0, 0.1) is 5.92 Å². The van der Waals surface area contributed by atoms with Gasteiger partial charge in [0.05, 0.1) is 19.3 Å². The third-order valence-corrected chi connectivity index (χ3v) is 3.12. The highest BCUT2D eigenvalue weighted by Gasteiger charge is 2.16. The highest BCUT2D eigenvalue weighted by molar-refractivity contribution is 5.27. The molecule has 0 unspecified atom stereocenters. The molecule has 0 aliphatic rings. The molecule has 0 aromatic heterocycles. The first-order chi connectivity index (χ1) is 8.52. The number of hydrogen-bond donors (Lipinski definition) is 1. The van der Waals surface area contributed by atoms with Crippen LogP contribution in [0.25, 0.3) is 0 Å². The fourth-order valence-corrected chi connectivity index (χ4v) is 1.86. The van der Waals surface area contributed by atoms with Crippen molar-refractivity contribution in [2.45, 2.75) is 45.3 Å². The molecule has 1 aromatic carbocycles. The van der Waals surface area contributed by atoms with E-state index in [-0.39, 0.29) is 0 Å². The van der Waals surface area contributed by atoms with E-state index in [1.807, 2.05) is 24.3 Å². The summed E-state index contributed by atoms with van der Waals surface area (Å²) in [7, 11) is 1.64. The number of rotatable bonds is 7.